The van der Waals surface area contributed by atoms with Gasteiger partial charge in [-0.1, -0.05) is 30.7 Å². The van der Waals surface area contributed by atoms with Crippen molar-refractivity contribution in [1.82, 2.24) is 24.6 Å². The second-order valence-corrected chi connectivity index (χ2v) is 7.15. The molecule has 0 bridgehead atoms. The van der Waals surface area contributed by atoms with E-state index in [9.17, 15) is 0 Å². The highest BCUT2D eigenvalue weighted by Gasteiger charge is 2.19. The van der Waals surface area contributed by atoms with Crippen LogP contribution in [0.4, 0.5) is 5.82 Å². The van der Waals surface area contributed by atoms with E-state index in [1.165, 1.54) is 36.9 Å². The third-order valence-corrected chi connectivity index (χ3v) is 5.25. The van der Waals surface area contributed by atoms with Crippen molar-refractivity contribution >= 4 is 5.82 Å². The third kappa shape index (κ3) is 4.34. The first-order valence-electron chi connectivity index (χ1n) is 9.66. The van der Waals surface area contributed by atoms with Crippen molar-refractivity contribution < 1.29 is 0 Å². The molecule has 1 aliphatic rings. The van der Waals surface area contributed by atoms with Crippen LogP contribution >= 0.6 is 0 Å². The Balaban J connectivity index is 1.45. The van der Waals surface area contributed by atoms with Gasteiger partial charge >= 0.3 is 0 Å². The molecule has 2 aromatic heterocycles. The van der Waals surface area contributed by atoms with Crippen LogP contribution in [0, 0.1) is 0 Å². The highest BCUT2D eigenvalue weighted by Crippen LogP contribution is 2.21. The second kappa shape index (κ2) is 8.31. The van der Waals surface area contributed by atoms with Crippen LogP contribution < -0.4 is 5.32 Å². The Morgan fingerprint density at radius 2 is 2.00 bits per heavy atom. The van der Waals surface area contributed by atoms with E-state index in [4.69, 9.17) is 0 Å². The van der Waals surface area contributed by atoms with Crippen LogP contribution in [-0.2, 0) is 13.1 Å². The van der Waals surface area contributed by atoms with E-state index < -0.39 is 0 Å². The fourth-order valence-electron chi connectivity index (χ4n) is 3.64. The summed E-state index contributed by atoms with van der Waals surface area (Å²) >= 11 is 0. The van der Waals surface area contributed by atoms with Gasteiger partial charge in [0, 0.05) is 31.5 Å². The number of likely N-dealkylation sites (tertiary alicyclic amines) is 1. The summed E-state index contributed by atoms with van der Waals surface area (Å²) in [7, 11) is 0. The minimum Gasteiger partial charge on any atom is -0.365 e. The van der Waals surface area contributed by atoms with Crippen LogP contribution in [0.5, 0.6) is 0 Å². The van der Waals surface area contributed by atoms with Gasteiger partial charge in [0.1, 0.15) is 5.82 Å². The lowest BCUT2D eigenvalue weighted by atomic mass is 10.0. The summed E-state index contributed by atoms with van der Waals surface area (Å²) in [5, 5.41) is 7.63. The molecule has 1 atom stereocenters. The summed E-state index contributed by atoms with van der Waals surface area (Å²) in [6.07, 6.45) is 11.0. The first kappa shape index (κ1) is 17.7. The van der Waals surface area contributed by atoms with Crippen molar-refractivity contribution in [2.45, 2.75) is 45.3 Å². The van der Waals surface area contributed by atoms with Crippen LogP contribution in [0.1, 0.15) is 37.3 Å². The maximum absolute atomic E-state index is 4.60. The zero-order chi connectivity index (χ0) is 18.5. The van der Waals surface area contributed by atoms with E-state index in [1.54, 1.807) is 23.3 Å². The summed E-state index contributed by atoms with van der Waals surface area (Å²) in [4.78, 5) is 11.5. The highest BCUT2D eigenvalue weighted by atomic mass is 15.3. The van der Waals surface area contributed by atoms with Gasteiger partial charge in [-0.25, -0.2) is 9.67 Å². The molecule has 0 aliphatic carbocycles. The largest absolute Gasteiger partial charge is 0.365 e. The predicted octanol–water partition coefficient (Wildman–Crippen LogP) is 3.65. The Kier molecular flexibility index (Phi) is 5.44. The molecule has 0 amide bonds. The van der Waals surface area contributed by atoms with Gasteiger partial charge in [0.25, 0.3) is 0 Å². The van der Waals surface area contributed by atoms with Gasteiger partial charge in [0.15, 0.2) is 5.82 Å². The number of benzene rings is 1. The summed E-state index contributed by atoms with van der Waals surface area (Å²) in [5.74, 6) is 1.46. The zero-order valence-corrected chi connectivity index (χ0v) is 15.8. The Hall–Kier alpha value is -2.73. The summed E-state index contributed by atoms with van der Waals surface area (Å²) < 4.78 is 1.71. The average Bonchev–Trinajstić information content (AvgIpc) is 3.24. The molecule has 140 valence electrons. The predicted molar refractivity (Wildman–Crippen MR) is 107 cm³/mol. The molecule has 27 heavy (non-hydrogen) atoms. The second-order valence-electron chi connectivity index (χ2n) is 7.15. The molecular formula is C21H26N6. The molecule has 6 heteroatoms. The molecule has 3 aromatic rings. The van der Waals surface area contributed by atoms with Crippen LogP contribution in [0.3, 0.4) is 0 Å². The first-order valence-corrected chi connectivity index (χ1v) is 9.66. The molecule has 1 N–H and O–H groups in total. The van der Waals surface area contributed by atoms with E-state index in [2.05, 4.69) is 56.5 Å². The standard InChI is InChI=1S/C21H26N6/c1-17-7-4-5-11-26(17)16-19-9-3-2-8-18(19)13-23-20-14-22-15-21(25-20)27-12-6-10-24-27/h2-3,6,8-10,12,14-15,17H,4-5,7,11,13,16H2,1H3,(H,23,25)/t17-/m1/s1. The van der Waals surface area contributed by atoms with Crippen molar-refractivity contribution in [2.75, 3.05) is 11.9 Å². The van der Waals surface area contributed by atoms with Crippen molar-refractivity contribution in [3.8, 4) is 5.82 Å². The van der Waals surface area contributed by atoms with Gasteiger partial charge in [-0.05, 0) is 43.5 Å². The van der Waals surface area contributed by atoms with Gasteiger partial charge in [0.2, 0.25) is 0 Å². The van der Waals surface area contributed by atoms with E-state index in [-0.39, 0.29) is 0 Å². The molecule has 1 aromatic carbocycles. The number of aromatic nitrogens is 4. The number of piperidine rings is 1. The molecule has 6 nitrogen and oxygen atoms in total. The topological polar surface area (TPSA) is 58.9 Å². The van der Waals surface area contributed by atoms with Gasteiger partial charge < -0.3 is 5.32 Å². The Labute approximate surface area is 160 Å². The molecule has 4 rings (SSSR count). The summed E-state index contributed by atoms with van der Waals surface area (Å²) in [6.45, 7) is 5.28. The number of rotatable bonds is 6. The zero-order valence-electron chi connectivity index (χ0n) is 15.8. The Morgan fingerprint density at radius 1 is 1.11 bits per heavy atom. The molecule has 0 saturated carbocycles. The monoisotopic (exact) mass is 362 g/mol. The van der Waals surface area contributed by atoms with Crippen LogP contribution in [0.25, 0.3) is 5.82 Å². The van der Waals surface area contributed by atoms with Crippen LogP contribution in [-0.4, -0.2) is 37.2 Å². The SMILES string of the molecule is C[C@@H]1CCCCN1Cc1ccccc1CNc1cncc(-n2cccn2)n1. The molecule has 0 spiro atoms. The quantitative estimate of drug-likeness (QED) is 0.725. The van der Waals surface area contributed by atoms with E-state index in [0.717, 1.165) is 18.9 Å². The fraction of sp³-hybridized carbons (Fsp3) is 0.381. The molecule has 1 aliphatic heterocycles. The van der Waals surface area contributed by atoms with Gasteiger partial charge in [0.05, 0.1) is 12.4 Å². The minimum absolute atomic E-state index is 0.663. The fourth-order valence-corrected chi connectivity index (χ4v) is 3.64. The van der Waals surface area contributed by atoms with Crippen molar-refractivity contribution in [3.05, 3.63) is 66.2 Å². The lowest BCUT2D eigenvalue weighted by molar-refractivity contribution is 0.152. The van der Waals surface area contributed by atoms with Crippen LogP contribution in [0.15, 0.2) is 55.1 Å². The van der Waals surface area contributed by atoms with Gasteiger partial charge in [-0.3, -0.25) is 9.88 Å². The Morgan fingerprint density at radius 3 is 2.81 bits per heavy atom. The Bertz CT molecular complexity index is 861. The van der Waals surface area contributed by atoms with E-state index in [0.29, 0.717) is 11.9 Å². The number of hydrogen-bond acceptors (Lipinski definition) is 5. The molecule has 0 radical (unpaired) electrons. The first-order chi connectivity index (χ1) is 13.3. The molecule has 3 heterocycles. The average molecular weight is 362 g/mol. The minimum atomic E-state index is 0.663. The lowest BCUT2D eigenvalue weighted by Crippen LogP contribution is -2.37. The van der Waals surface area contributed by atoms with Crippen molar-refractivity contribution in [3.63, 3.8) is 0 Å². The molecule has 0 unspecified atom stereocenters. The number of nitrogens with zero attached hydrogens (tertiary/aromatic N) is 5. The smallest absolute Gasteiger partial charge is 0.173 e. The van der Waals surface area contributed by atoms with Gasteiger partial charge in [-0.2, -0.15) is 5.10 Å². The van der Waals surface area contributed by atoms with E-state index in [1.807, 2.05) is 12.3 Å². The number of hydrogen-bond donors (Lipinski definition) is 1. The number of anilines is 1. The van der Waals surface area contributed by atoms with Crippen molar-refractivity contribution in [2.24, 2.45) is 0 Å². The highest BCUT2D eigenvalue weighted by molar-refractivity contribution is 5.38. The lowest BCUT2D eigenvalue weighted by Gasteiger charge is -2.33. The summed E-state index contributed by atoms with van der Waals surface area (Å²) in [5.41, 5.74) is 2.69. The third-order valence-electron chi connectivity index (χ3n) is 5.25. The summed E-state index contributed by atoms with van der Waals surface area (Å²) in [6, 6.07) is 11.2. The number of nitrogens with one attached hydrogen (secondary N) is 1. The maximum atomic E-state index is 4.60. The van der Waals surface area contributed by atoms with Crippen molar-refractivity contribution in [1.29, 1.82) is 0 Å². The van der Waals surface area contributed by atoms with E-state index >= 15 is 0 Å². The molecule has 1 saturated heterocycles. The molecular weight excluding hydrogens is 336 g/mol. The maximum Gasteiger partial charge on any atom is 0.173 e. The van der Waals surface area contributed by atoms with Crippen LogP contribution in [0.2, 0.25) is 0 Å². The molecule has 1 fully saturated rings. The normalized spacial score (nSPS) is 17.7. The van der Waals surface area contributed by atoms with Gasteiger partial charge in [-0.15, -0.1) is 0 Å².